The van der Waals surface area contributed by atoms with Crippen LogP contribution in [-0.2, 0) is 6.42 Å². The molecule has 0 aliphatic rings. The molecule has 0 fully saturated rings. The fourth-order valence-corrected chi connectivity index (χ4v) is 1.36. The van der Waals surface area contributed by atoms with Gasteiger partial charge in [0.1, 0.15) is 0 Å². The Balaban J connectivity index is 2.76. The Labute approximate surface area is 77.4 Å². The van der Waals surface area contributed by atoms with Gasteiger partial charge in [-0.25, -0.2) is 9.97 Å². The van der Waals surface area contributed by atoms with Gasteiger partial charge in [-0.15, -0.1) is 0 Å². The van der Waals surface area contributed by atoms with Crippen LogP contribution in [0, 0.1) is 13.8 Å². The molecule has 3 heteroatoms. The van der Waals surface area contributed by atoms with Crippen molar-refractivity contribution in [1.82, 2.24) is 14.4 Å². The molecular weight excluding hydrogens is 162 g/mol. The number of aromatic nitrogens is 3. The van der Waals surface area contributed by atoms with Gasteiger partial charge in [0, 0.05) is 18.1 Å². The number of hydrogen-bond acceptors (Lipinski definition) is 2. The summed E-state index contributed by atoms with van der Waals surface area (Å²) in [7, 11) is 0. The fraction of sp³-hybridized carbons (Fsp3) is 0.400. The Hall–Kier alpha value is -1.38. The number of hydrogen-bond donors (Lipinski definition) is 0. The molecule has 2 aromatic heterocycles. The van der Waals surface area contributed by atoms with Crippen LogP contribution >= 0.6 is 0 Å². The summed E-state index contributed by atoms with van der Waals surface area (Å²) in [6.07, 6.45) is 4.89. The van der Waals surface area contributed by atoms with Gasteiger partial charge in [-0.3, -0.25) is 4.40 Å². The highest BCUT2D eigenvalue weighted by Gasteiger charge is 2.03. The fourth-order valence-electron chi connectivity index (χ4n) is 1.36. The molecule has 0 spiro atoms. The molecule has 13 heavy (non-hydrogen) atoms. The highest BCUT2D eigenvalue weighted by atomic mass is 15.1. The van der Waals surface area contributed by atoms with Crippen molar-refractivity contribution in [2.45, 2.75) is 27.2 Å². The summed E-state index contributed by atoms with van der Waals surface area (Å²) in [4.78, 5) is 8.65. The van der Waals surface area contributed by atoms with Gasteiger partial charge in [-0.1, -0.05) is 6.92 Å². The lowest BCUT2D eigenvalue weighted by Gasteiger charge is -2.00. The van der Waals surface area contributed by atoms with E-state index in [0.29, 0.717) is 0 Å². The predicted octanol–water partition coefficient (Wildman–Crippen LogP) is 1.91. The molecule has 2 rings (SSSR count). The molecule has 2 heterocycles. The van der Waals surface area contributed by atoms with Gasteiger partial charge in [0.15, 0.2) is 0 Å². The first-order chi connectivity index (χ1) is 6.22. The second-order valence-electron chi connectivity index (χ2n) is 3.28. The van der Waals surface area contributed by atoms with Gasteiger partial charge in [0.05, 0.1) is 5.69 Å². The number of nitrogens with zero attached hydrogens (tertiary/aromatic N) is 3. The summed E-state index contributed by atoms with van der Waals surface area (Å²) in [6, 6.07) is 0. The van der Waals surface area contributed by atoms with Crippen molar-refractivity contribution < 1.29 is 0 Å². The van der Waals surface area contributed by atoms with E-state index in [2.05, 4.69) is 36.9 Å². The molecule has 0 aromatic carbocycles. The van der Waals surface area contributed by atoms with Crippen molar-refractivity contribution in [2.24, 2.45) is 0 Å². The smallest absolute Gasteiger partial charge is 0.234 e. The van der Waals surface area contributed by atoms with E-state index >= 15 is 0 Å². The monoisotopic (exact) mass is 175 g/mol. The molecular formula is C10H13N3. The maximum absolute atomic E-state index is 4.38. The molecule has 0 N–H and O–H groups in total. The largest absolute Gasteiger partial charge is 0.288 e. The quantitative estimate of drug-likeness (QED) is 0.662. The van der Waals surface area contributed by atoms with Crippen LogP contribution in [0.4, 0.5) is 0 Å². The second kappa shape index (κ2) is 2.83. The second-order valence-corrected chi connectivity index (χ2v) is 3.28. The minimum Gasteiger partial charge on any atom is -0.288 e. The normalized spacial score (nSPS) is 11.0. The maximum atomic E-state index is 4.38. The van der Waals surface area contributed by atoms with E-state index in [0.717, 1.165) is 17.9 Å². The molecule has 0 saturated heterocycles. The Bertz CT molecular complexity index is 443. The third-order valence-corrected chi connectivity index (χ3v) is 2.41. The summed E-state index contributed by atoms with van der Waals surface area (Å²) in [5.41, 5.74) is 3.52. The molecule has 0 amide bonds. The van der Waals surface area contributed by atoms with Crippen LogP contribution in [0.1, 0.15) is 23.9 Å². The summed E-state index contributed by atoms with van der Waals surface area (Å²) in [5.74, 6) is 0.806. The van der Waals surface area contributed by atoms with Gasteiger partial charge < -0.3 is 0 Å². The lowest BCUT2D eigenvalue weighted by molar-refractivity contribution is 1.01. The zero-order valence-electron chi connectivity index (χ0n) is 8.20. The van der Waals surface area contributed by atoms with E-state index in [1.54, 1.807) is 0 Å². The van der Waals surface area contributed by atoms with Crippen LogP contribution in [0.15, 0.2) is 12.4 Å². The minimum atomic E-state index is 0.806. The van der Waals surface area contributed by atoms with Gasteiger partial charge >= 0.3 is 0 Å². The molecule has 0 atom stereocenters. The van der Waals surface area contributed by atoms with Crippen LogP contribution in [0.2, 0.25) is 0 Å². The lowest BCUT2D eigenvalue weighted by Crippen LogP contribution is -1.95. The van der Waals surface area contributed by atoms with Crippen molar-refractivity contribution in [1.29, 1.82) is 0 Å². The van der Waals surface area contributed by atoms with E-state index in [1.165, 1.54) is 11.3 Å². The van der Waals surface area contributed by atoms with Crippen molar-refractivity contribution >= 4 is 5.78 Å². The number of aryl methyl sites for hydroxylation is 3. The van der Waals surface area contributed by atoms with Crippen molar-refractivity contribution in [3.05, 3.63) is 29.3 Å². The summed E-state index contributed by atoms with van der Waals surface area (Å²) in [5, 5.41) is 0. The molecule has 2 aromatic rings. The molecule has 0 aliphatic heterocycles. The predicted molar refractivity (Wildman–Crippen MR) is 51.8 cm³/mol. The number of rotatable bonds is 1. The number of fused-ring (bicyclic) bond motifs is 1. The van der Waals surface area contributed by atoms with Gasteiger partial charge in [-0.05, 0) is 25.8 Å². The SMILES string of the molecule is CCc1cn2c(C)c(C)cnc2n1. The van der Waals surface area contributed by atoms with E-state index in [4.69, 9.17) is 0 Å². The Morgan fingerprint density at radius 1 is 1.38 bits per heavy atom. The van der Waals surface area contributed by atoms with Crippen molar-refractivity contribution in [3.63, 3.8) is 0 Å². The first-order valence-electron chi connectivity index (χ1n) is 4.52. The van der Waals surface area contributed by atoms with Crippen LogP contribution in [0.5, 0.6) is 0 Å². The van der Waals surface area contributed by atoms with Gasteiger partial charge in [0.2, 0.25) is 5.78 Å². The van der Waals surface area contributed by atoms with E-state index < -0.39 is 0 Å². The highest BCUT2D eigenvalue weighted by molar-refractivity contribution is 5.35. The third kappa shape index (κ3) is 1.20. The average molecular weight is 175 g/mol. The molecule has 0 unspecified atom stereocenters. The lowest BCUT2D eigenvalue weighted by atomic mass is 10.3. The molecule has 3 nitrogen and oxygen atoms in total. The molecule has 0 aliphatic carbocycles. The third-order valence-electron chi connectivity index (χ3n) is 2.41. The zero-order valence-corrected chi connectivity index (χ0v) is 8.20. The molecule has 0 bridgehead atoms. The molecule has 0 saturated carbocycles. The summed E-state index contributed by atoms with van der Waals surface area (Å²) in [6.45, 7) is 6.25. The van der Waals surface area contributed by atoms with Crippen LogP contribution in [-0.4, -0.2) is 14.4 Å². The first kappa shape index (κ1) is 8.23. The minimum absolute atomic E-state index is 0.806. The van der Waals surface area contributed by atoms with Crippen molar-refractivity contribution in [3.8, 4) is 0 Å². The Morgan fingerprint density at radius 2 is 2.15 bits per heavy atom. The average Bonchev–Trinajstić information content (AvgIpc) is 2.55. The van der Waals surface area contributed by atoms with Crippen molar-refractivity contribution in [2.75, 3.05) is 0 Å². The maximum Gasteiger partial charge on any atom is 0.234 e. The Kier molecular flexibility index (Phi) is 1.79. The molecule has 68 valence electrons. The topological polar surface area (TPSA) is 30.2 Å². The first-order valence-corrected chi connectivity index (χ1v) is 4.52. The van der Waals surface area contributed by atoms with E-state index in [1.807, 2.05) is 10.6 Å². The summed E-state index contributed by atoms with van der Waals surface area (Å²) >= 11 is 0. The zero-order chi connectivity index (χ0) is 9.42. The number of imidazole rings is 1. The van der Waals surface area contributed by atoms with E-state index in [9.17, 15) is 0 Å². The highest BCUT2D eigenvalue weighted by Crippen LogP contribution is 2.09. The van der Waals surface area contributed by atoms with Crippen LogP contribution in [0.3, 0.4) is 0 Å². The standard InChI is InChI=1S/C10H13N3/c1-4-9-6-13-8(3)7(2)5-11-10(13)12-9/h5-6H,4H2,1-3H3. The van der Waals surface area contributed by atoms with Crippen LogP contribution < -0.4 is 0 Å². The summed E-state index contributed by atoms with van der Waals surface area (Å²) < 4.78 is 2.05. The molecule has 0 radical (unpaired) electrons. The van der Waals surface area contributed by atoms with E-state index in [-0.39, 0.29) is 0 Å². The van der Waals surface area contributed by atoms with Crippen LogP contribution in [0.25, 0.3) is 5.78 Å². The Morgan fingerprint density at radius 3 is 2.85 bits per heavy atom. The van der Waals surface area contributed by atoms with Gasteiger partial charge in [-0.2, -0.15) is 0 Å². The van der Waals surface area contributed by atoms with Gasteiger partial charge in [0.25, 0.3) is 0 Å².